The van der Waals surface area contributed by atoms with Crippen molar-refractivity contribution in [3.05, 3.63) is 91.0 Å². The first-order chi connectivity index (χ1) is 19.8. The van der Waals surface area contributed by atoms with Crippen molar-refractivity contribution in [2.24, 2.45) is 0 Å². The molecule has 0 aliphatic carbocycles. The highest BCUT2D eigenvalue weighted by Crippen LogP contribution is 2.42. The van der Waals surface area contributed by atoms with E-state index >= 15 is 0 Å². The van der Waals surface area contributed by atoms with Crippen molar-refractivity contribution in [3.8, 4) is 11.4 Å². The molecule has 0 aliphatic heterocycles. The zero-order chi connectivity index (χ0) is 26.8. The number of aromatic nitrogens is 3. The molecular formula is C37H33N3. The summed E-state index contributed by atoms with van der Waals surface area (Å²) in [7, 11) is 0. The molecule has 0 N–H and O–H groups in total. The van der Waals surface area contributed by atoms with E-state index in [1.807, 2.05) is 0 Å². The molecule has 0 spiro atoms. The van der Waals surface area contributed by atoms with Gasteiger partial charge >= 0.3 is 0 Å². The van der Waals surface area contributed by atoms with E-state index in [1.165, 1.54) is 78.0 Å². The number of unbranched alkanes of at least 4 members (excludes halogenated alkanes) is 2. The first-order valence-corrected chi connectivity index (χ1v) is 14.9. The Morgan fingerprint density at radius 3 is 2.00 bits per heavy atom. The van der Waals surface area contributed by atoms with Crippen molar-refractivity contribution < 1.29 is 0 Å². The number of fused-ring (bicyclic) bond motifs is 6. The summed E-state index contributed by atoms with van der Waals surface area (Å²) in [5, 5.41) is 10.5. The van der Waals surface area contributed by atoms with Gasteiger partial charge in [-0.2, -0.15) is 0 Å². The number of imidazole rings is 1. The molecule has 0 fully saturated rings. The zero-order valence-electron chi connectivity index (χ0n) is 23.2. The van der Waals surface area contributed by atoms with E-state index in [4.69, 9.17) is 4.98 Å². The molecule has 40 heavy (non-hydrogen) atoms. The predicted octanol–water partition coefficient (Wildman–Crippen LogP) is 10.3. The smallest absolute Gasteiger partial charge is 0.141 e. The Hall–Kier alpha value is -4.37. The predicted molar refractivity (Wildman–Crippen MR) is 172 cm³/mol. The molecule has 0 amide bonds. The molecule has 6 aromatic carbocycles. The third-order valence-electron chi connectivity index (χ3n) is 8.86. The number of hydrogen-bond donors (Lipinski definition) is 0. The highest BCUT2D eigenvalue weighted by molar-refractivity contribution is 6.32. The summed E-state index contributed by atoms with van der Waals surface area (Å²) in [5.74, 6) is 1.08. The average molecular weight is 520 g/mol. The number of hydrogen-bond acceptors (Lipinski definition) is 1. The molecule has 0 aliphatic rings. The van der Waals surface area contributed by atoms with Gasteiger partial charge in [0.25, 0.3) is 0 Å². The second-order valence-corrected chi connectivity index (χ2v) is 11.3. The topological polar surface area (TPSA) is 22.8 Å². The fraction of sp³-hybridized carbons (Fsp3) is 0.216. The number of rotatable bonds is 7. The van der Waals surface area contributed by atoms with E-state index < -0.39 is 0 Å². The molecule has 0 unspecified atom stereocenters. The summed E-state index contributed by atoms with van der Waals surface area (Å²) in [6.45, 7) is 6.55. The van der Waals surface area contributed by atoms with Crippen molar-refractivity contribution in [2.45, 2.75) is 52.6 Å². The summed E-state index contributed by atoms with van der Waals surface area (Å²) < 4.78 is 5.02. The number of nitrogens with zero attached hydrogens (tertiary/aromatic N) is 3. The van der Waals surface area contributed by atoms with Gasteiger partial charge in [0.1, 0.15) is 5.82 Å². The third-order valence-corrected chi connectivity index (χ3v) is 8.86. The zero-order valence-corrected chi connectivity index (χ0v) is 23.2. The van der Waals surface area contributed by atoms with Crippen LogP contribution in [0.5, 0.6) is 0 Å². The molecule has 3 nitrogen and oxygen atoms in total. The molecule has 0 atom stereocenters. The Morgan fingerprint density at radius 2 is 1.23 bits per heavy atom. The van der Waals surface area contributed by atoms with Crippen LogP contribution in [0, 0.1) is 0 Å². The minimum atomic E-state index is 0.957. The van der Waals surface area contributed by atoms with Crippen LogP contribution in [0.25, 0.3) is 76.5 Å². The van der Waals surface area contributed by atoms with Gasteiger partial charge in [-0.25, -0.2) is 4.98 Å². The maximum absolute atomic E-state index is 5.48. The van der Waals surface area contributed by atoms with Crippen molar-refractivity contribution in [2.75, 3.05) is 0 Å². The molecule has 3 heteroatoms. The standard InChI is InChI=1S/C37H33N3/c1-3-5-21-39-31-16-8-7-13-27(31)30-23-26(19-20-32(30)39)37-38-35-28-14-9-11-24-17-18-25-12-10-15-29(34(25)33(24)28)36(35)40(37)22-6-4-2/h7-20,23H,3-6,21-22H2,1-2H3. The molecule has 0 saturated heterocycles. The van der Waals surface area contributed by atoms with Crippen molar-refractivity contribution in [1.29, 1.82) is 0 Å². The Bertz CT molecular complexity index is 2190. The van der Waals surface area contributed by atoms with Crippen LogP contribution in [-0.4, -0.2) is 14.1 Å². The molecule has 8 rings (SSSR count). The van der Waals surface area contributed by atoms with Crippen LogP contribution in [-0.2, 0) is 13.1 Å². The lowest BCUT2D eigenvalue weighted by Gasteiger charge is -2.14. The lowest BCUT2D eigenvalue weighted by molar-refractivity contribution is 0.652. The largest absolute Gasteiger partial charge is 0.340 e. The van der Waals surface area contributed by atoms with Crippen LogP contribution >= 0.6 is 0 Å². The highest BCUT2D eigenvalue weighted by Gasteiger charge is 2.21. The van der Waals surface area contributed by atoms with E-state index in [1.54, 1.807) is 0 Å². The van der Waals surface area contributed by atoms with Crippen LogP contribution in [0.4, 0.5) is 0 Å². The molecule has 0 radical (unpaired) electrons. The van der Waals surface area contributed by atoms with Gasteiger partial charge in [-0.05, 0) is 58.7 Å². The fourth-order valence-corrected chi connectivity index (χ4v) is 6.97. The molecule has 0 saturated carbocycles. The second-order valence-electron chi connectivity index (χ2n) is 11.3. The molecule has 2 aromatic heterocycles. The van der Waals surface area contributed by atoms with E-state index in [2.05, 4.69) is 114 Å². The van der Waals surface area contributed by atoms with E-state index in [-0.39, 0.29) is 0 Å². The van der Waals surface area contributed by atoms with Crippen molar-refractivity contribution in [1.82, 2.24) is 14.1 Å². The molecular weight excluding hydrogens is 486 g/mol. The molecule has 196 valence electrons. The van der Waals surface area contributed by atoms with Crippen LogP contribution in [0.1, 0.15) is 39.5 Å². The number of para-hydroxylation sites is 1. The first kappa shape index (κ1) is 23.5. The Balaban J connectivity index is 1.47. The minimum Gasteiger partial charge on any atom is -0.340 e. The second kappa shape index (κ2) is 9.09. The van der Waals surface area contributed by atoms with Gasteiger partial charge in [-0.15, -0.1) is 0 Å². The quantitative estimate of drug-likeness (QED) is 0.192. The van der Waals surface area contributed by atoms with Crippen molar-refractivity contribution >= 4 is 65.2 Å². The molecule has 2 heterocycles. The van der Waals surface area contributed by atoms with Gasteiger partial charge in [0.2, 0.25) is 0 Å². The van der Waals surface area contributed by atoms with Gasteiger partial charge in [0.15, 0.2) is 0 Å². The Kier molecular flexibility index (Phi) is 5.34. The summed E-state index contributed by atoms with van der Waals surface area (Å²) in [4.78, 5) is 5.48. The summed E-state index contributed by atoms with van der Waals surface area (Å²) in [6, 6.07) is 33.8. The Labute approximate surface area is 234 Å². The molecule has 0 bridgehead atoms. The van der Waals surface area contributed by atoms with Crippen molar-refractivity contribution in [3.63, 3.8) is 0 Å². The molecule has 8 aromatic rings. The fourth-order valence-electron chi connectivity index (χ4n) is 6.97. The summed E-state index contributed by atoms with van der Waals surface area (Å²) >= 11 is 0. The van der Waals surface area contributed by atoms with Gasteiger partial charge < -0.3 is 9.13 Å². The summed E-state index contributed by atoms with van der Waals surface area (Å²) in [5.41, 5.74) is 6.22. The van der Waals surface area contributed by atoms with Crippen LogP contribution in [0.15, 0.2) is 91.0 Å². The third kappa shape index (κ3) is 3.27. The van der Waals surface area contributed by atoms with Gasteiger partial charge in [0, 0.05) is 51.2 Å². The Morgan fingerprint density at radius 1 is 0.575 bits per heavy atom. The maximum atomic E-state index is 5.48. The number of benzene rings is 6. The van der Waals surface area contributed by atoms with Gasteiger partial charge in [0.05, 0.1) is 11.0 Å². The normalized spacial score (nSPS) is 12.3. The van der Waals surface area contributed by atoms with Gasteiger partial charge in [-0.3, -0.25) is 0 Å². The summed E-state index contributed by atoms with van der Waals surface area (Å²) in [6.07, 6.45) is 4.64. The highest BCUT2D eigenvalue weighted by atomic mass is 15.1. The van der Waals surface area contributed by atoms with Crippen LogP contribution in [0.3, 0.4) is 0 Å². The average Bonchev–Trinajstić information content (AvgIpc) is 3.54. The van der Waals surface area contributed by atoms with E-state index in [9.17, 15) is 0 Å². The van der Waals surface area contributed by atoms with Crippen LogP contribution < -0.4 is 0 Å². The van der Waals surface area contributed by atoms with E-state index in [0.29, 0.717) is 0 Å². The van der Waals surface area contributed by atoms with Crippen LogP contribution in [0.2, 0.25) is 0 Å². The number of aryl methyl sites for hydroxylation is 2. The minimum absolute atomic E-state index is 0.957. The van der Waals surface area contributed by atoms with E-state index in [0.717, 1.165) is 37.3 Å². The lowest BCUT2D eigenvalue weighted by Crippen LogP contribution is -2.01. The maximum Gasteiger partial charge on any atom is 0.141 e. The first-order valence-electron chi connectivity index (χ1n) is 14.9. The monoisotopic (exact) mass is 519 g/mol. The SMILES string of the molecule is CCCCn1c(-c2ccc3c(c2)c2ccccc2n3CCCC)nc2c3cccc4ccc5cccc(c5c43)c21. The lowest BCUT2D eigenvalue weighted by atomic mass is 9.93. The van der Waals surface area contributed by atoms with Gasteiger partial charge in [-0.1, -0.05) is 93.4 Å².